The molecule has 0 atom stereocenters. The van der Waals surface area contributed by atoms with Gasteiger partial charge in [0.1, 0.15) is 0 Å². The van der Waals surface area contributed by atoms with Gasteiger partial charge in [-0.3, -0.25) is 4.79 Å². The fraction of sp³-hybridized carbons (Fsp3) is 0.636. The normalized spacial score (nSPS) is 18.7. The van der Waals surface area contributed by atoms with Crippen LogP contribution in [0.2, 0.25) is 0 Å². The molecular formula is C22H35O2Ti. The Morgan fingerprint density at radius 1 is 0.760 bits per heavy atom. The minimum Gasteiger partial charge on any atom is -0.481 e. The Morgan fingerprint density at radius 3 is 1.60 bits per heavy atom. The molecule has 1 N–H and O–H groups in total. The van der Waals surface area contributed by atoms with Crippen LogP contribution in [0.3, 0.4) is 0 Å². The van der Waals surface area contributed by atoms with Crippen molar-refractivity contribution in [1.82, 2.24) is 0 Å². The minimum absolute atomic E-state index is 0. The maximum absolute atomic E-state index is 10.4. The largest absolute Gasteiger partial charge is 3.00 e. The average Bonchev–Trinajstić information content (AvgIpc) is 2.95. The molecule has 2 nitrogen and oxygen atoms in total. The van der Waals surface area contributed by atoms with E-state index in [1.165, 1.54) is 57.8 Å². The van der Waals surface area contributed by atoms with Crippen LogP contribution in [-0.4, -0.2) is 11.1 Å². The van der Waals surface area contributed by atoms with Crippen LogP contribution in [-0.2, 0) is 52.2 Å². The summed E-state index contributed by atoms with van der Waals surface area (Å²) in [6, 6.07) is 2.52. The number of fused-ring (bicyclic) bond motifs is 3. The predicted molar refractivity (Wildman–Crippen MR) is 102 cm³/mol. The van der Waals surface area contributed by atoms with E-state index in [0.717, 1.165) is 25.7 Å². The summed E-state index contributed by atoms with van der Waals surface area (Å²) in [4.78, 5) is 10.4. The first-order chi connectivity index (χ1) is 10.8. The van der Waals surface area contributed by atoms with Crippen molar-refractivity contribution in [2.45, 2.75) is 83.5 Å². The number of aliphatic carboxylic acids is 1. The monoisotopic (exact) mass is 379 g/mol. The number of carboxylic acids is 1. The maximum Gasteiger partial charge on any atom is 3.00 e. The van der Waals surface area contributed by atoms with Gasteiger partial charge in [0.15, 0.2) is 0 Å². The quantitative estimate of drug-likeness (QED) is 0.501. The Hall–Kier alpha value is -0.466. The van der Waals surface area contributed by atoms with E-state index in [1.807, 2.05) is 0 Å². The third kappa shape index (κ3) is 6.33. The second-order valence-electron chi connectivity index (χ2n) is 7.24. The van der Waals surface area contributed by atoms with Gasteiger partial charge < -0.3 is 20.0 Å². The van der Waals surface area contributed by atoms with Gasteiger partial charge in [0.25, 0.3) is 0 Å². The third-order valence-electron chi connectivity index (χ3n) is 5.69. The van der Waals surface area contributed by atoms with E-state index >= 15 is 0 Å². The Morgan fingerprint density at radius 2 is 1.20 bits per heavy atom. The topological polar surface area (TPSA) is 37.3 Å². The second kappa shape index (κ2) is 12.0. The van der Waals surface area contributed by atoms with Crippen LogP contribution in [0.1, 0.15) is 80.0 Å². The number of hydrogen-bond acceptors (Lipinski definition) is 1. The van der Waals surface area contributed by atoms with E-state index in [2.05, 4.69) is 6.07 Å². The van der Waals surface area contributed by atoms with Gasteiger partial charge in [-0.05, 0) is 12.8 Å². The number of carbonyl (C=O) groups is 1. The first kappa shape index (κ1) is 24.5. The molecule has 0 heterocycles. The standard InChI is InChI=1S/C13H17.C7H12O2.2CH3.Ti/c1-3-7-12-10(5-1)9-11-6-2-4-8-13(11)12;8-7(9)6-4-2-1-3-5-6;;;/h9H,1-8H2;6H,1-5H2,(H,8,9);2*1H3;/q-1;;2*-1;+3. The van der Waals surface area contributed by atoms with E-state index in [4.69, 9.17) is 5.11 Å². The van der Waals surface area contributed by atoms with Crippen molar-refractivity contribution in [3.05, 3.63) is 43.2 Å². The average molecular weight is 379 g/mol. The van der Waals surface area contributed by atoms with E-state index in [0.29, 0.717) is 0 Å². The van der Waals surface area contributed by atoms with Crippen LogP contribution in [0, 0.1) is 20.8 Å². The van der Waals surface area contributed by atoms with Crippen LogP contribution < -0.4 is 0 Å². The van der Waals surface area contributed by atoms with Gasteiger partial charge in [-0.2, -0.15) is 28.3 Å². The molecule has 0 unspecified atom stereocenters. The van der Waals surface area contributed by atoms with Gasteiger partial charge in [-0.1, -0.05) is 70.6 Å². The molecule has 1 radical (unpaired) electrons. The molecule has 0 aromatic heterocycles. The summed E-state index contributed by atoms with van der Waals surface area (Å²) in [6.07, 6.45) is 16.4. The summed E-state index contributed by atoms with van der Waals surface area (Å²) in [5, 5.41) is 8.54. The fourth-order valence-corrected chi connectivity index (χ4v) is 4.43. The molecule has 3 aliphatic carbocycles. The Balaban J connectivity index is 0.000000435. The van der Waals surface area contributed by atoms with Gasteiger partial charge in [0, 0.05) is 0 Å². The van der Waals surface area contributed by atoms with Crippen molar-refractivity contribution in [2.24, 2.45) is 5.92 Å². The summed E-state index contributed by atoms with van der Waals surface area (Å²) < 4.78 is 0. The summed E-state index contributed by atoms with van der Waals surface area (Å²) in [6.45, 7) is 0. The van der Waals surface area contributed by atoms with E-state index in [1.54, 1.807) is 22.3 Å². The minimum atomic E-state index is -0.602. The number of hydrogen-bond donors (Lipinski definition) is 1. The van der Waals surface area contributed by atoms with Gasteiger partial charge in [0.05, 0.1) is 5.92 Å². The molecule has 3 aliphatic rings. The molecule has 1 aromatic rings. The summed E-state index contributed by atoms with van der Waals surface area (Å²) >= 11 is 0. The molecule has 1 aromatic carbocycles. The Labute approximate surface area is 170 Å². The zero-order valence-corrected chi connectivity index (χ0v) is 17.8. The molecule has 139 valence electrons. The van der Waals surface area contributed by atoms with Crippen molar-refractivity contribution in [1.29, 1.82) is 0 Å². The van der Waals surface area contributed by atoms with Crippen molar-refractivity contribution >= 4 is 5.97 Å². The molecule has 25 heavy (non-hydrogen) atoms. The van der Waals surface area contributed by atoms with Crippen molar-refractivity contribution in [3.8, 4) is 0 Å². The molecule has 0 saturated heterocycles. The smallest absolute Gasteiger partial charge is 0.481 e. The summed E-state index contributed by atoms with van der Waals surface area (Å²) in [7, 11) is 0. The zero-order chi connectivity index (χ0) is 15.4. The van der Waals surface area contributed by atoms with Gasteiger partial charge >= 0.3 is 27.7 Å². The molecule has 3 heteroatoms. The molecular weight excluding hydrogens is 344 g/mol. The maximum atomic E-state index is 10.4. The Bertz CT molecular complexity index is 482. The van der Waals surface area contributed by atoms with E-state index in [-0.39, 0.29) is 42.5 Å². The SMILES string of the molecule is O=C(O)C1CCCCC1.[CH3-].[CH3-].[Ti+3].[cH-]1c2c(c3c1CCCC3)CCCC2. The molecule has 0 amide bonds. The summed E-state index contributed by atoms with van der Waals surface area (Å²) in [5.41, 5.74) is 6.94. The molecule has 0 spiro atoms. The molecule has 4 rings (SSSR count). The van der Waals surface area contributed by atoms with Crippen LogP contribution in [0.4, 0.5) is 0 Å². The van der Waals surface area contributed by atoms with Crippen LogP contribution >= 0.6 is 0 Å². The van der Waals surface area contributed by atoms with Crippen molar-refractivity contribution < 1.29 is 31.6 Å². The molecule has 0 aliphatic heterocycles. The van der Waals surface area contributed by atoms with Crippen LogP contribution in [0.25, 0.3) is 0 Å². The first-order valence-electron chi connectivity index (χ1n) is 9.27. The summed E-state index contributed by atoms with van der Waals surface area (Å²) in [5.74, 6) is -0.631. The third-order valence-corrected chi connectivity index (χ3v) is 5.69. The van der Waals surface area contributed by atoms with Crippen molar-refractivity contribution in [2.75, 3.05) is 0 Å². The fourth-order valence-electron chi connectivity index (χ4n) is 4.43. The van der Waals surface area contributed by atoms with E-state index in [9.17, 15) is 4.79 Å². The first-order valence-corrected chi connectivity index (χ1v) is 9.27. The molecule has 1 saturated carbocycles. The Kier molecular flexibility index (Phi) is 11.8. The van der Waals surface area contributed by atoms with E-state index < -0.39 is 5.97 Å². The van der Waals surface area contributed by atoms with Gasteiger partial charge in [-0.25, -0.2) is 0 Å². The van der Waals surface area contributed by atoms with Crippen LogP contribution in [0.15, 0.2) is 6.07 Å². The van der Waals surface area contributed by atoms with Crippen molar-refractivity contribution in [3.63, 3.8) is 0 Å². The number of carboxylic acid groups (broad SMARTS) is 1. The van der Waals surface area contributed by atoms with Gasteiger partial charge in [-0.15, -0.1) is 0 Å². The molecule has 1 fully saturated rings. The van der Waals surface area contributed by atoms with Gasteiger partial charge in [0.2, 0.25) is 0 Å². The zero-order valence-electron chi connectivity index (χ0n) is 16.2. The number of aryl methyl sites for hydroxylation is 2. The molecule has 0 bridgehead atoms. The van der Waals surface area contributed by atoms with Crippen LogP contribution in [0.5, 0.6) is 0 Å². The predicted octanol–water partition coefficient (Wildman–Crippen LogP) is 5.71. The number of rotatable bonds is 1. The second-order valence-corrected chi connectivity index (χ2v) is 7.24.